The maximum absolute atomic E-state index is 12.5. The van der Waals surface area contributed by atoms with Gasteiger partial charge in [-0.15, -0.1) is 0 Å². The van der Waals surface area contributed by atoms with E-state index >= 15 is 0 Å². The van der Waals surface area contributed by atoms with Crippen LogP contribution >= 0.6 is 27.5 Å². The molecule has 0 bridgehead atoms. The fourth-order valence-electron chi connectivity index (χ4n) is 2.36. The standard InChI is InChI=1S/C17H13BrClN3O2/c1-10-6-12(19)3-5-14(10)21-16(23)8-22-9-20-15-4-2-11(18)7-13(15)17(22)24/h2-7,9H,8H2,1H3,(H,21,23). The molecule has 0 aliphatic carbocycles. The summed E-state index contributed by atoms with van der Waals surface area (Å²) in [6, 6.07) is 10.5. The molecule has 1 N–H and O–H groups in total. The summed E-state index contributed by atoms with van der Waals surface area (Å²) < 4.78 is 2.07. The van der Waals surface area contributed by atoms with E-state index in [-0.39, 0.29) is 18.0 Å². The molecule has 0 spiro atoms. The van der Waals surface area contributed by atoms with Gasteiger partial charge in [0.05, 0.1) is 17.2 Å². The van der Waals surface area contributed by atoms with Crippen molar-refractivity contribution in [1.29, 1.82) is 0 Å². The minimum Gasteiger partial charge on any atom is -0.324 e. The van der Waals surface area contributed by atoms with Gasteiger partial charge in [-0.1, -0.05) is 27.5 Å². The Morgan fingerprint density at radius 2 is 2.08 bits per heavy atom. The first-order chi connectivity index (χ1) is 11.4. The highest BCUT2D eigenvalue weighted by Crippen LogP contribution is 2.19. The predicted molar refractivity (Wildman–Crippen MR) is 98.5 cm³/mol. The Morgan fingerprint density at radius 1 is 1.29 bits per heavy atom. The Morgan fingerprint density at radius 3 is 2.83 bits per heavy atom. The van der Waals surface area contributed by atoms with Gasteiger partial charge in [-0.25, -0.2) is 4.98 Å². The third-order valence-electron chi connectivity index (χ3n) is 3.56. The molecule has 0 saturated carbocycles. The molecule has 0 aliphatic rings. The lowest BCUT2D eigenvalue weighted by atomic mass is 10.2. The molecule has 2 aromatic carbocycles. The van der Waals surface area contributed by atoms with Crippen molar-refractivity contribution in [2.24, 2.45) is 0 Å². The number of carbonyl (C=O) groups excluding carboxylic acids is 1. The topological polar surface area (TPSA) is 64.0 Å². The van der Waals surface area contributed by atoms with Crippen molar-refractivity contribution in [3.8, 4) is 0 Å². The van der Waals surface area contributed by atoms with Crippen LogP contribution in [0.1, 0.15) is 5.56 Å². The molecule has 0 radical (unpaired) electrons. The number of rotatable bonds is 3. The Hall–Kier alpha value is -2.18. The SMILES string of the molecule is Cc1cc(Cl)ccc1NC(=O)Cn1cnc2ccc(Br)cc2c1=O. The predicted octanol–water partition coefficient (Wildman–Crippen LogP) is 3.76. The summed E-state index contributed by atoms with van der Waals surface area (Å²) >= 11 is 9.24. The number of hydrogen-bond acceptors (Lipinski definition) is 3. The van der Waals surface area contributed by atoms with Gasteiger partial charge < -0.3 is 5.32 Å². The number of fused-ring (bicyclic) bond motifs is 1. The summed E-state index contributed by atoms with van der Waals surface area (Å²) in [4.78, 5) is 28.9. The largest absolute Gasteiger partial charge is 0.324 e. The third-order valence-corrected chi connectivity index (χ3v) is 4.29. The summed E-state index contributed by atoms with van der Waals surface area (Å²) in [6.07, 6.45) is 1.38. The number of amides is 1. The number of halogens is 2. The molecule has 0 atom stereocenters. The number of aromatic nitrogens is 2. The molecule has 3 rings (SSSR count). The first-order valence-corrected chi connectivity index (χ1v) is 8.32. The van der Waals surface area contributed by atoms with Gasteiger partial charge in [0.15, 0.2) is 0 Å². The van der Waals surface area contributed by atoms with Crippen LogP contribution in [0.4, 0.5) is 5.69 Å². The van der Waals surface area contributed by atoms with Gasteiger partial charge in [0.1, 0.15) is 6.54 Å². The second kappa shape index (κ2) is 6.75. The van der Waals surface area contributed by atoms with E-state index in [1.165, 1.54) is 10.9 Å². The first kappa shape index (κ1) is 16.7. The van der Waals surface area contributed by atoms with Gasteiger partial charge in [-0.05, 0) is 48.9 Å². The molecule has 0 saturated heterocycles. The number of carbonyl (C=O) groups is 1. The number of nitrogens with one attached hydrogen (secondary N) is 1. The number of hydrogen-bond donors (Lipinski definition) is 1. The normalized spacial score (nSPS) is 10.8. The van der Waals surface area contributed by atoms with Crippen LogP contribution < -0.4 is 10.9 Å². The number of nitrogens with zero attached hydrogens (tertiary/aromatic N) is 2. The van der Waals surface area contributed by atoms with Crippen molar-refractivity contribution in [2.45, 2.75) is 13.5 Å². The van der Waals surface area contributed by atoms with E-state index < -0.39 is 0 Å². The zero-order chi connectivity index (χ0) is 17.3. The molecular formula is C17H13BrClN3O2. The third kappa shape index (κ3) is 3.49. The highest BCUT2D eigenvalue weighted by molar-refractivity contribution is 9.10. The summed E-state index contributed by atoms with van der Waals surface area (Å²) in [7, 11) is 0. The monoisotopic (exact) mass is 405 g/mol. The van der Waals surface area contributed by atoms with Crippen molar-refractivity contribution < 1.29 is 4.79 Å². The summed E-state index contributed by atoms with van der Waals surface area (Å²) in [6.45, 7) is 1.74. The number of benzene rings is 2. The fraction of sp³-hybridized carbons (Fsp3) is 0.118. The highest BCUT2D eigenvalue weighted by atomic mass is 79.9. The summed E-state index contributed by atoms with van der Waals surface area (Å²) in [5, 5.41) is 3.84. The summed E-state index contributed by atoms with van der Waals surface area (Å²) in [5.74, 6) is -0.307. The Labute approximate surface area is 151 Å². The molecule has 1 aromatic heterocycles. The van der Waals surface area contributed by atoms with E-state index in [9.17, 15) is 9.59 Å². The lowest BCUT2D eigenvalue weighted by Gasteiger charge is -2.10. The smallest absolute Gasteiger partial charge is 0.261 e. The van der Waals surface area contributed by atoms with Gasteiger partial charge in [-0.2, -0.15) is 0 Å². The molecule has 122 valence electrons. The average Bonchev–Trinajstić information content (AvgIpc) is 2.53. The van der Waals surface area contributed by atoms with Crippen LogP contribution in [0, 0.1) is 6.92 Å². The average molecular weight is 407 g/mol. The van der Waals surface area contributed by atoms with Crippen LogP contribution in [0.15, 0.2) is 52.0 Å². The van der Waals surface area contributed by atoms with Crippen LogP contribution in [-0.4, -0.2) is 15.5 Å². The second-order valence-corrected chi connectivity index (χ2v) is 6.70. The Balaban J connectivity index is 1.85. The van der Waals surface area contributed by atoms with Crippen LogP contribution in [0.3, 0.4) is 0 Å². The Kier molecular flexibility index (Phi) is 4.69. The van der Waals surface area contributed by atoms with Gasteiger partial charge in [0.25, 0.3) is 5.56 Å². The minimum atomic E-state index is -0.307. The lowest BCUT2D eigenvalue weighted by molar-refractivity contribution is -0.116. The van der Waals surface area contributed by atoms with Crippen molar-refractivity contribution in [3.05, 3.63) is 68.1 Å². The van der Waals surface area contributed by atoms with Crippen molar-refractivity contribution in [2.75, 3.05) is 5.32 Å². The maximum atomic E-state index is 12.5. The molecule has 0 aliphatic heterocycles. The van der Waals surface area contributed by atoms with E-state index in [1.54, 1.807) is 30.3 Å². The van der Waals surface area contributed by atoms with Gasteiger partial charge in [-0.3, -0.25) is 14.2 Å². The Bertz CT molecular complexity index is 1000. The van der Waals surface area contributed by atoms with Crippen LogP contribution in [0.2, 0.25) is 5.02 Å². The summed E-state index contributed by atoms with van der Waals surface area (Å²) in [5.41, 5.74) is 1.84. The van der Waals surface area contributed by atoms with Gasteiger partial charge in [0.2, 0.25) is 5.91 Å². The molecule has 1 heterocycles. The zero-order valence-corrected chi connectivity index (χ0v) is 15.1. The molecule has 0 fully saturated rings. The van der Waals surface area contributed by atoms with Crippen LogP contribution in [0.25, 0.3) is 10.9 Å². The van der Waals surface area contributed by atoms with Crippen molar-refractivity contribution in [1.82, 2.24) is 9.55 Å². The molecular weight excluding hydrogens is 394 g/mol. The van der Waals surface area contributed by atoms with E-state index in [0.717, 1.165) is 10.0 Å². The van der Waals surface area contributed by atoms with Crippen LogP contribution in [0.5, 0.6) is 0 Å². The van der Waals surface area contributed by atoms with Gasteiger partial charge in [0, 0.05) is 15.2 Å². The molecule has 5 nitrogen and oxygen atoms in total. The number of anilines is 1. The van der Waals surface area contributed by atoms with Crippen molar-refractivity contribution >= 4 is 50.0 Å². The van der Waals surface area contributed by atoms with E-state index in [2.05, 4.69) is 26.2 Å². The molecule has 3 aromatic rings. The van der Waals surface area contributed by atoms with E-state index in [0.29, 0.717) is 21.6 Å². The van der Waals surface area contributed by atoms with E-state index in [1.807, 2.05) is 13.0 Å². The number of aryl methyl sites for hydroxylation is 1. The molecule has 0 unspecified atom stereocenters. The van der Waals surface area contributed by atoms with Crippen LogP contribution in [-0.2, 0) is 11.3 Å². The molecule has 24 heavy (non-hydrogen) atoms. The molecule has 1 amide bonds. The first-order valence-electron chi connectivity index (χ1n) is 7.15. The lowest BCUT2D eigenvalue weighted by Crippen LogP contribution is -2.28. The zero-order valence-electron chi connectivity index (χ0n) is 12.7. The fourth-order valence-corrected chi connectivity index (χ4v) is 2.94. The highest BCUT2D eigenvalue weighted by Gasteiger charge is 2.10. The van der Waals surface area contributed by atoms with E-state index in [4.69, 9.17) is 11.6 Å². The maximum Gasteiger partial charge on any atom is 0.261 e. The second-order valence-electron chi connectivity index (χ2n) is 5.35. The molecule has 7 heteroatoms. The quantitative estimate of drug-likeness (QED) is 0.720. The minimum absolute atomic E-state index is 0.115. The van der Waals surface area contributed by atoms with Gasteiger partial charge >= 0.3 is 0 Å². The van der Waals surface area contributed by atoms with Crippen molar-refractivity contribution in [3.63, 3.8) is 0 Å².